The molecule has 212 valence electrons. The highest BCUT2D eigenvalue weighted by Crippen LogP contribution is 2.33. The van der Waals surface area contributed by atoms with E-state index in [0.717, 1.165) is 71.8 Å². The number of piperazine rings is 1. The van der Waals surface area contributed by atoms with Gasteiger partial charge in [-0.15, -0.1) is 0 Å². The van der Waals surface area contributed by atoms with Gasteiger partial charge in [0.15, 0.2) is 6.10 Å². The normalized spacial score (nSPS) is 20.1. The molecule has 0 unspecified atom stereocenters. The van der Waals surface area contributed by atoms with Crippen LogP contribution in [-0.4, -0.2) is 99.6 Å². The summed E-state index contributed by atoms with van der Waals surface area (Å²) in [4.78, 5) is 20.0. The minimum absolute atomic E-state index is 0.00415. The molecule has 10 nitrogen and oxygen atoms in total. The predicted molar refractivity (Wildman–Crippen MR) is 158 cm³/mol. The molecule has 1 amide bonds. The average molecular weight is 554 g/mol. The van der Waals surface area contributed by atoms with E-state index in [1.165, 1.54) is 5.56 Å². The zero-order valence-electron chi connectivity index (χ0n) is 23.5. The van der Waals surface area contributed by atoms with Gasteiger partial charge < -0.3 is 19.3 Å². The molecule has 7 rings (SSSR count). The van der Waals surface area contributed by atoms with Crippen molar-refractivity contribution >= 4 is 29.0 Å². The molecule has 41 heavy (non-hydrogen) atoms. The number of rotatable bonds is 2. The first-order valence-corrected chi connectivity index (χ1v) is 14.3. The number of fused-ring (bicyclic) bond motifs is 6. The molecular weight excluding hydrogens is 518 g/mol. The van der Waals surface area contributed by atoms with Crippen LogP contribution in [0, 0.1) is 0 Å². The molecule has 2 saturated heterocycles. The average Bonchev–Trinajstić information content (AvgIpc) is 3.66. The third kappa shape index (κ3) is 5.09. The summed E-state index contributed by atoms with van der Waals surface area (Å²) >= 11 is 0. The molecule has 0 aliphatic carbocycles. The number of nitrogens with zero attached hydrogens (tertiary/aromatic N) is 6. The molecule has 1 N–H and O–H groups in total. The van der Waals surface area contributed by atoms with E-state index >= 15 is 0 Å². The van der Waals surface area contributed by atoms with Gasteiger partial charge in [-0.1, -0.05) is 18.2 Å². The Balaban J connectivity index is 1.27. The highest BCUT2D eigenvalue weighted by atomic mass is 16.5. The summed E-state index contributed by atoms with van der Waals surface area (Å²) in [6.45, 7) is 6.60. The SMILES string of the molecule is CN1CCN(Cc2ccc3c(c2)O[C@@H]2CCN(CCOc4c(cnn4C)-c4ccc5n[nH]c(c5c4)C=C3)C2=O)CC1. The number of carbonyl (C=O) groups is 1. The van der Waals surface area contributed by atoms with Crippen molar-refractivity contribution in [2.45, 2.75) is 19.1 Å². The summed E-state index contributed by atoms with van der Waals surface area (Å²) < 4.78 is 14.4. The van der Waals surface area contributed by atoms with Crippen LogP contribution in [0.5, 0.6) is 11.6 Å². The molecule has 0 spiro atoms. The Kier molecular flexibility index (Phi) is 6.72. The van der Waals surface area contributed by atoms with Gasteiger partial charge in [0.1, 0.15) is 12.4 Å². The maximum atomic E-state index is 13.4. The Morgan fingerprint density at radius 1 is 1.00 bits per heavy atom. The van der Waals surface area contributed by atoms with Crippen molar-refractivity contribution in [3.63, 3.8) is 0 Å². The van der Waals surface area contributed by atoms with Gasteiger partial charge in [0.25, 0.3) is 5.91 Å². The van der Waals surface area contributed by atoms with Crippen LogP contribution in [0.1, 0.15) is 23.2 Å². The van der Waals surface area contributed by atoms with Gasteiger partial charge in [0, 0.05) is 63.7 Å². The second-order valence-corrected chi connectivity index (χ2v) is 11.2. The second-order valence-electron chi connectivity index (χ2n) is 11.2. The summed E-state index contributed by atoms with van der Waals surface area (Å²) in [7, 11) is 4.04. The minimum atomic E-state index is -0.516. The molecule has 3 aliphatic heterocycles. The molecule has 3 aliphatic rings. The van der Waals surface area contributed by atoms with E-state index in [-0.39, 0.29) is 5.91 Å². The minimum Gasteiger partial charge on any atom is -0.480 e. The van der Waals surface area contributed by atoms with Gasteiger partial charge in [-0.05, 0) is 48.5 Å². The third-order valence-corrected chi connectivity index (χ3v) is 8.41. The Morgan fingerprint density at radius 3 is 2.76 bits per heavy atom. The summed E-state index contributed by atoms with van der Waals surface area (Å²) in [5.74, 6) is 1.41. The first-order chi connectivity index (χ1) is 20.0. The number of carbonyl (C=O) groups excluding carboxylic acids is 1. The van der Waals surface area contributed by atoms with Crippen molar-refractivity contribution in [1.82, 2.24) is 34.7 Å². The Hall–Kier alpha value is -4.15. The zero-order chi connectivity index (χ0) is 27.9. The molecule has 2 fully saturated rings. The number of H-pyrrole nitrogens is 1. The van der Waals surface area contributed by atoms with Gasteiger partial charge in [-0.3, -0.25) is 14.8 Å². The fourth-order valence-electron chi connectivity index (χ4n) is 5.92. The Bertz CT molecular complexity index is 1620. The maximum absolute atomic E-state index is 13.4. The number of nitrogens with one attached hydrogen (secondary N) is 1. The van der Waals surface area contributed by atoms with Crippen molar-refractivity contribution < 1.29 is 14.3 Å². The summed E-state index contributed by atoms with van der Waals surface area (Å²) in [6.07, 6.45) is 6.03. The van der Waals surface area contributed by atoms with Crippen molar-refractivity contribution in [2.24, 2.45) is 7.05 Å². The number of aromatic amines is 1. The smallest absolute Gasteiger partial charge is 0.263 e. The highest BCUT2D eigenvalue weighted by Gasteiger charge is 2.34. The third-order valence-electron chi connectivity index (χ3n) is 8.41. The Morgan fingerprint density at radius 2 is 1.88 bits per heavy atom. The lowest BCUT2D eigenvalue weighted by Gasteiger charge is -2.32. The van der Waals surface area contributed by atoms with E-state index in [0.29, 0.717) is 32.0 Å². The molecule has 5 heterocycles. The van der Waals surface area contributed by atoms with E-state index in [2.05, 4.69) is 56.4 Å². The predicted octanol–water partition coefficient (Wildman–Crippen LogP) is 3.25. The zero-order valence-corrected chi connectivity index (χ0v) is 23.5. The van der Waals surface area contributed by atoms with Crippen LogP contribution >= 0.6 is 0 Å². The number of aryl methyl sites for hydroxylation is 1. The van der Waals surface area contributed by atoms with Crippen molar-refractivity contribution in [2.75, 3.05) is 52.9 Å². The van der Waals surface area contributed by atoms with Crippen LogP contribution in [0.2, 0.25) is 0 Å². The molecule has 0 radical (unpaired) electrons. The number of amides is 1. The van der Waals surface area contributed by atoms with Crippen LogP contribution in [0.3, 0.4) is 0 Å². The lowest BCUT2D eigenvalue weighted by Crippen LogP contribution is -2.43. The Labute approximate surface area is 239 Å². The fourth-order valence-corrected chi connectivity index (χ4v) is 5.92. The number of likely N-dealkylation sites (N-methyl/N-ethyl adjacent to an activating group) is 1. The van der Waals surface area contributed by atoms with Gasteiger partial charge in [-0.2, -0.15) is 10.2 Å². The number of hydrogen-bond acceptors (Lipinski definition) is 7. The van der Waals surface area contributed by atoms with Gasteiger partial charge in [0.2, 0.25) is 5.88 Å². The monoisotopic (exact) mass is 553 g/mol. The first kappa shape index (κ1) is 25.8. The van der Waals surface area contributed by atoms with E-state index in [4.69, 9.17) is 9.47 Å². The molecule has 2 aromatic carbocycles. The van der Waals surface area contributed by atoms with E-state index in [1.54, 1.807) is 4.68 Å². The van der Waals surface area contributed by atoms with Crippen LogP contribution in [0.25, 0.3) is 34.2 Å². The molecule has 4 aromatic rings. The lowest BCUT2D eigenvalue weighted by atomic mass is 10.0. The van der Waals surface area contributed by atoms with E-state index < -0.39 is 6.10 Å². The van der Waals surface area contributed by atoms with E-state index in [1.807, 2.05) is 42.4 Å². The van der Waals surface area contributed by atoms with Gasteiger partial charge >= 0.3 is 0 Å². The van der Waals surface area contributed by atoms with Crippen LogP contribution in [-0.2, 0) is 18.4 Å². The quantitative estimate of drug-likeness (QED) is 0.408. The molecule has 4 bridgehead atoms. The number of aromatic nitrogens is 4. The van der Waals surface area contributed by atoms with E-state index in [9.17, 15) is 4.79 Å². The van der Waals surface area contributed by atoms with Crippen LogP contribution in [0.4, 0.5) is 0 Å². The van der Waals surface area contributed by atoms with Crippen molar-refractivity contribution in [3.8, 4) is 22.8 Å². The number of benzene rings is 2. The van der Waals surface area contributed by atoms with Crippen molar-refractivity contribution in [1.29, 1.82) is 0 Å². The molecule has 2 aromatic heterocycles. The number of ether oxygens (including phenoxy) is 2. The number of hydrogen-bond donors (Lipinski definition) is 1. The summed E-state index contributed by atoms with van der Waals surface area (Å²) in [5.41, 5.74) is 5.80. The largest absolute Gasteiger partial charge is 0.480 e. The standard InChI is InChI=1S/C31H35N7O3/c1-35-11-13-37(14-12-35)20-21-3-4-22-5-7-26-24-18-23(6-8-27(24)34-33-26)25-19-32-36(2)31(25)40-16-15-38-10-9-28(30(38)39)41-29(22)17-21/h3-8,17-19,28H,9-16,20H2,1-2H3,(H,33,34)/t28-/m1/s1. The maximum Gasteiger partial charge on any atom is 0.263 e. The summed E-state index contributed by atoms with van der Waals surface area (Å²) in [5, 5.41) is 13.1. The molecular formula is C31H35N7O3. The molecule has 0 saturated carbocycles. The summed E-state index contributed by atoms with van der Waals surface area (Å²) in [6, 6.07) is 12.5. The van der Waals surface area contributed by atoms with Crippen molar-refractivity contribution in [3.05, 3.63) is 59.4 Å². The van der Waals surface area contributed by atoms with Crippen LogP contribution in [0.15, 0.2) is 42.6 Å². The second kappa shape index (κ2) is 10.7. The molecule has 10 heteroatoms. The highest BCUT2D eigenvalue weighted by molar-refractivity contribution is 5.93. The molecule has 1 atom stereocenters. The first-order valence-electron chi connectivity index (χ1n) is 14.3. The van der Waals surface area contributed by atoms with Gasteiger partial charge in [0.05, 0.1) is 29.5 Å². The van der Waals surface area contributed by atoms with Gasteiger partial charge in [-0.25, -0.2) is 4.68 Å². The lowest BCUT2D eigenvalue weighted by molar-refractivity contribution is -0.133. The topological polar surface area (TPSA) is 91.8 Å². The van der Waals surface area contributed by atoms with Crippen LogP contribution < -0.4 is 9.47 Å². The fraction of sp³-hybridized carbons (Fsp3) is 0.387.